The maximum Gasteiger partial charge on any atom is 0.303 e. The zero-order chi connectivity index (χ0) is 9.30. The number of hydrogen-bond donors (Lipinski definition) is 1. The van der Waals surface area contributed by atoms with E-state index >= 15 is 0 Å². The minimum Gasteiger partial charge on any atom is -0.456 e. The average molecular weight is 239 g/mol. The van der Waals surface area contributed by atoms with Gasteiger partial charge in [0.15, 0.2) is 12.4 Å². The van der Waals surface area contributed by atoms with Crippen LogP contribution < -0.4 is 0 Å². The molecule has 0 aromatic heterocycles. The number of esters is 1. The number of alkyl halides is 1. The lowest BCUT2D eigenvalue weighted by molar-refractivity contribution is -0.166. The Labute approximate surface area is 79.0 Å². The standard InChI is InChI=1S/C7H11BrO4/c1-3-5(8)6(7(10)11-3)12-4(2)9/h3,5-7,10H,1-2H3/t3-,5+,6-,7-/m1/s1. The van der Waals surface area contributed by atoms with E-state index in [1.165, 1.54) is 6.92 Å². The van der Waals surface area contributed by atoms with Crippen LogP contribution in [0.4, 0.5) is 0 Å². The van der Waals surface area contributed by atoms with Gasteiger partial charge in [-0.2, -0.15) is 0 Å². The molecule has 0 aromatic rings. The monoisotopic (exact) mass is 238 g/mol. The van der Waals surface area contributed by atoms with Crippen LogP contribution in [0.3, 0.4) is 0 Å². The third-order valence-corrected chi connectivity index (χ3v) is 2.97. The number of carbonyl (C=O) groups excluding carboxylic acids is 1. The highest BCUT2D eigenvalue weighted by molar-refractivity contribution is 9.09. The highest BCUT2D eigenvalue weighted by Crippen LogP contribution is 2.28. The highest BCUT2D eigenvalue weighted by atomic mass is 79.9. The molecule has 1 heterocycles. The van der Waals surface area contributed by atoms with Crippen molar-refractivity contribution in [1.82, 2.24) is 0 Å². The van der Waals surface area contributed by atoms with Crippen molar-refractivity contribution in [2.45, 2.75) is 37.2 Å². The Morgan fingerprint density at radius 1 is 1.67 bits per heavy atom. The van der Waals surface area contributed by atoms with Gasteiger partial charge in [0, 0.05) is 6.92 Å². The van der Waals surface area contributed by atoms with E-state index in [9.17, 15) is 9.90 Å². The summed E-state index contributed by atoms with van der Waals surface area (Å²) in [6.07, 6.45) is -1.77. The van der Waals surface area contributed by atoms with E-state index in [0.29, 0.717) is 0 Å². The van der Waals surface area contributed by atoms with Gasteiger partial charge in [-0.1, -0.05) is 15.9 Å². The molecule has 0 unspecified atom stereocenters. The number of halogens is 1. The molecule has 70 valence electrons. The molecule has 12 heavy (non-hydrogen) atoms. The van der Waals surface area contributed by atoms with Gasteiger partial charge in [-0.25, -0.2) is 0 Å². The van der Waals surface area contributed by atoms with Crippen molar-refractivity contribution in [3.05, 3.63) is 0 Å². The van der Waals surface area contributed by atoms with Gasteiger partial charge in [0.25, 0.3) is 0 Å². The zero-order valence-corrected chi connectivity index (χ0v) is 8.45. The molecule has 1 aliphatic rings. The summed E-state index contributed by atoms with van der Waals surface area (Å²) >= 11 is 3.28. The van der Waals surface area contributed by atoms with E-state index in [-0.39, 0.29) is 10.9 Å². The summed E-state index contributed by atoms with van der Waals surface area (Å²) < 4.78 is 9.86. The average Bonchev–Trinajstić information content (AvgIpc) is 2.16. The van der Waals surface area contributed by atoms with Crippen LogP contribution in [-0.4, -0.2) is 34.4 Å². The second kappa shape index (κ2) is 3.72. The lowest BCUT2D eigenvalue weighted by atomic mass is 10.2. The molecule has 5 heteroatoms. The number of aliphatic hydroxyl groups excluding tert-OH is 1. The fourth-order valence-electron chi connectivity index (χ4n) is 1.11. The van der Waals surface area contributed by atoms with E-state index in [2.05, 4.69) is 15.9 Å². The van der Waals surface area contributed by atoms with Gasteiger partial charge in [0.1, 0.15) is 0 Å². The maximum absolute atomic E-state index is 10.6. The summed E-state index contributed by atoms with van der Waals surface area (Å²) in [6.45, 7) is 3.10. The van der Waals surface area contributed by atoms with Crippen LogP contribution in [0.2, 0.25) is 0 Å². The molecule has 0 bridgehead atoms. The zero-order valence-electron chi connectivity index (χ0n) is 6.86. The first-order valence-electron chi connectivity index (χ1n) is 3.67. The minimum absolute atomic E-state index is 0.142. The van der Waals surface area contributed by atoms with E-state index in [0.717, 1.165) is 0 Å². The van der Waals surface area contributed by atoms with Crippen molar-refractivity contribution in [2.24, 2.45) is 0 Å². The molecule has 4 nitrogen and oxygen atoms in total. The van der Waals surface area contributed by atoms with Crippen molar-refractivity contribution >= 4 is 21.9 Å². The van der Waals surface area contributed by atoms with Crippen LogP contribution in [-0.2, 0) is 14.3 Å². The summed E-state index contributed by atoms with van der Waals surface area (Å²) in [6, 6.07) is 0. The number of carbonyl (C=O) groups is 1. The number of aliphatic hydroxyl groups is 1. The predicted octanol–water partition coefficient (Wildman–Crippen LogP) is 0.419. The van der Waals surface area contributed by atoms with Crippen LogP contribution >= 0.6 is 15.9 Å². The summed E-state index contributed by atoms with van der Waals surface area (Å²) in [7, 11) is 0. The Kier molecular flexibility index (Phi) is 3.09. The normalized spacial score (nSPS) is 41.3. The Balaban J connectivity index is 2.57. The van der Waals surface area contributed by atoms with Crippen molar-refractivity contribution < 1.29 is 19.4 Å². The van der Waals surface area contributed by atoms with Gasteiger partial charge in [0.05, 0.1) is 10.9 Å². The molecule has 1 aliphatic heterocycles. The quantitative estimate of drug-likeness (QED) is 0.532. The van der Waals surface area contributed by atoms with Gasteiger partial charge < -0.3 is 14.6 Å². The molecule has 1 N–H and O–H groups in total. The first-order chi connectivity index (χ1) is 5.52. The molecule has 1 fully saturated rings. The van der Waals surface area contributed by atoms with Crippen LogP contribution in [0.1, 0.15) is 13.8 Å². The molecule has 4 atom stereocenters. The second-order valence-electron chi connectivity index (χ2n) is 2.75. The summed E-state index contributed by atoms with van der Waals surface area (Å²) in [5, 5.41) is 9.25. The summed E-state index contributed by atoms with van der Waals surface area (Å²) in [5.41, 5.74) is 0. The Morgan fingerprint density at radius 3 is 2.58 bits per heavy atom. The van der Waals surface area contributed by atoms with Crippen molar-refractivity contribution in [3.63, 3.8) is 0 Å². The topological polar surface area (TPSA) is 55.8 Å². The van der Waals surface area contributed by atoms with Gasteiger partial charge >= 0.3 is 5.97 Å². The van der Waals surface area contributed by atoms with Gasteiger partial charge in [-0.3, -0.25) is 4.79 Å². The first kappa shape index (κ1) is 9.95. The molecule has 0 aliphatic carbocycles. The fraction of sp³-hybridized carbons (Fsp3) is 0.857. The SMILES string of the molecule is CC(=O)O[C@@H]1[C@@H](Br)[C@@H](C)O[C@H]1O. The molecule has 0 radical (unpaired) electrons. The lowest BCUT2D eigenvalue weighted by Crippen LogP contribution is -2.32. The van der Waals surface area contributed by atoms with E-state index in [1.807, 2.05) is 0 Å². The van der Waals surface area contributed by atoms with E-state index in [4.69, 9.17) is 9.47 Å². The van der Waals surface area contributed by atoms with Crippen LogP contribution in [0, 0.1) is 0 Å². The number of ether oxygens (including phenoxy) is 2. The van der Waals surface area contributed by atoms with Gasteiger partial charge in [0.2, 0.25) is 0 Å². The number of rotatable bonds is 1. The Hall–Kier alpha value is -0.130. The molecular weight excluding hydrogens is 228 g/mol. The third-order valence-electron chi connectivity index (χ3n) is 1.70. The van der Waals surface area contributed by atoms with Crippen LogP contribution in [0.5, 0.6) is 0 Å². The number of hydrogen-bond acceptors (Lipinski definition) is 4. The largest absolute Gasteiger partial charge is 0.456 e. The van der Waals surface area contributed by atoms with Crippen LogP contribution in [0.15, 0.2) is 0 Å². The lowest BCUT2D eigenvalue weighted by Gasteiger charge is -2.15. The first-order valence-corrected chi connectivity index (χ1v) is 4.58. The Bertz CT molecular complexity index is 184. The molecule has 1 saturated heterocycles. The third kappa shape index (κ3) is 1.97. The predicted molar refractivity (Wildman–Crippen MR) is 44.8 cm³/mol. The van der Waals surface area contributed by atoms with Crippen molar-refractivity contribution in [1.29, 1.82) is 0 Å². The molecule has 1 rings (SSSR count). The van der Waals surface area contributed by atoms with Gasteiger partial charge in [-0.05, 0) is 6.92 Å². The minimum atomic E-state index is -1.02. The fourth-order valence-corrected chi connectivity index (χ4v) is 1.61. The Morgan fingerprint density at radius 2 is 2.25 bits per heavy atom. The second-order valence-corrected chi connectivity index (χ2v) is 3.81. The van der Waals surface area contributed by atoms with Crippen molar-refractivity contribution in [2.75, 3.05) is 0 Å². The molecule has 0 aromatic carbocycles. The van der Waals surface area contributed by atoms with E-state index < -0.39 is 18.4 Å². The van der Waals surface area contributed by atoms with Crippen LogP contribution in [0.25, 0.3) is 0 Å². The summed E-state index contributed by atoms with van der Waals surface area (Å²) in [5.74, 6) is -0.416. The maximum atomic E-state index is 10.6. The highest BCUT2D eigenvalue weighted by Gasteiger charge is 2.42. The summed E-state index contributed by atoms with van der Waals surface area (Å²) in [4.78, 5) is 10.4. The van der Waals surface area contributed by atoms with Gasteiger partial charge in [-0.15, -0.1) is 0 Å². The molecule has 0 amide bonds. The van der Waals surface area contributed by atoms with E-state index in [1.54, 1.807) is 6.92 Å². The van der Waals surface area contributed by atoms with Crippen molar-refractivity contribution in [3.8, 4) is 0 Å². The molecule has 0 spiro atoms. The molecule has 0 saturated carbocycles. The smallest absolute Gasteiger partial charge is 0.303 e. The molecular formula is C7H11BrO4.